The molecule has 1 aromatic carbocycles. The molecule has 1 N–H and O–H groups in total. The first kappa shape index (κ1) is 28.0. The van der Waals surface area contributed by atoms with Crippen LogP contribution in [0.3, 0.4) is 0 Å². The highest BCUT2D eigenvalue weighted by molar-refractivity contribution is 7.90. The molecule has 200 valence electrons. The van der Waals surface area contributed by atoms with Crippen LogP contribution in [0.1, 0.15) is 47.0 Å². The Morgan fingerprint density at radius 3 is 2.39 bits per heavy atom. The van der Waals surface area contributed by atoms with E-state index >= 15 is 0 Å². The quantitative estimate of drug-likeness (QED) is 0.471. The standard InChI is InChI=1S/C26H39N3O6S/c1-7-18(16-28-36(31,32)17-25(30)35-26(2,3)4)19-9-12-29(13-10-19)22-8-11-27-21-15-24(34-6)23(33-5)14-20(21)22/h8,11,14-15,18-19,28H,7,9-10,12-13,16-17H2,1-6H3. The Morgan fingerprint density at radius 1 is 1.17 bits per heavy atom. The number of methoxy groups -OCH3 is 2. The molecule has 1 saturated heterocycles. The van der Waals surface area contributed by atoms with Gasteiger partial charge in [0.05, 0.1) is 19.7 Å². The molecule has 0 saturated carbocycles. The number of ether oxygens (including phenoxy) is 3. The molecule has 10 heteroatoms. The summed E-state index contributed by atoms with van der Waals surface area (Å²) in [6.45, 7) is 9.26. The molecular formula is C26H39N3O6S. The predicted octanol–water partition coefficient (Wildman–Crippen LogP) is 3.76. The van der Waals surface area contributed by atoms with E-state index in [1.807, 2.05) is 24.4 Å². The van der Waals surface area contributed by atoms with E-state index in [-0.39, 0.29) is 5.92 Å². The van der Waals surface area contributed by atoms with Gasteiger partial charge in [0.2, 0.25) is 10.0 Å². The molecule has 0 aliphatic carbocycles. The van der Waals surface area contributed by atoms with Gasteiger partial charge in [0, 0.05) is 43.0 Å². The fourth-order valence-electron chi connectivity index (χ4n) is 4.80. The lowest BCUT2D eigenvalue weighted by Gasteiger charge is -2.37. The number of carbonyl (C=O) groups excluding carboxylic acids is 1. The second kappa shape index (κ2) is 11.6. The number of fused-ring (bicyclic) bond motifs is 1. The number of piperidine rings is 1. The number of hydrogen-bond donors (Lipinski definition) is 1. The molecule has 3 rings (SSSR count). The third-order valence-electron chi connectivity index (χ3n) is 6.59. The van der Waals surface area contributed by atoms with Crippen LogP contribution in [-0.2, 0) is 19.6 Å². The summed E-state index contributed by atoms with van der Waals surface area (Å²) in [4.78, 5) is 18.8. The SMILES string of the molecule is CCC(CNS(=O)(=O)CC(=O)OC(C)(C)C)C1CCN(c2ccnc3cc(OC)c(OC)cc23)CC1. The maximum atomic E-state index is 12.4. The molecule has 36 heavy (non-hydrogen) atoms. The van der Waals surface area contributed by atoms with Crippen LogP contribution in [-0.4, -0.2) is 64.6 Å². The maximum absolute atomic E-state index is 12.4. The largest absolute Gasteiger partial charge is 0.493 e. The van der Waals surface area contributed by atoms with Crippen LogP contribution in [0.2, 0.25) is 0 Å². The van der Waals surface area contributed by atoms with Crippen molar-refractivity contribution >= 4 is 32.6 Å². The van der Waals surface area contributed by atoms with Gasteiger partial charge in [0.25, 0.3) is 0 Å². The van der Waals surface area contributed by atoms with Gasteiger partial charge in [-0.05, 0) is 57.6 Å². The number of aromatic nitrogens is 1. The average Bonchev–Trinajstić information content (AvgIpc) is 2.81. The third-order valence-corrected chi connectivity index (χ3v) is 7.81. The highest BCUT2D eigenvalue weighted by atomic mass is 32.2. The highest BCUT2D eigenvalue weighted by Crippen LogP contribution is 2.37. The minimum absolute atomic E-state index is 0.194. The predicted molar refractivity (Wildman–Crippen MR) is 141 cm³/mol. The smallest absolute Gasteiger partial charge is 0.323 e. The molecule has 1 atom stereocenters. The normalized spacial score (nSPS) is 16.1. The molecule has 1 fully saturated rings. The molecule has 1 aliphatic heterocycles. The highest BCUT2D eigenvalue weighted by Gasteiger charge is 2.29. The second-order valence-electron chi connectivity index (χ2n) is 10.2. The maximum Gasteiger partial charge on any atom is 0.323 e. The molecule has 1 unspecified atom stereocenters. The minimum Gasteiger partial charge on any atom is -0.493 e. The number of sulfonamides is 1. The Bertz CT molecular complexity index is 1150. The molecular weight excluding hydrogens is 482 g/mol. The Hall–Kier alpha value is -2.59. The summed E-state index contributed by atoms with van der Waals surface area (Å²) in [6, 6.07) is 5.88. The zero-order valence-corrected chi connectivity index (χ0v) is 23.0. The number of rotatable bonds is 10. The van der Waals surface area contributed by atoms with Crippen LogP contribution in [0.15, 0.2) is 24.4 Å². The van der Waals surface area contributed by atoms with E-state index in [0.717, 1.165) is 48.9 Å². The minimum atomic E-state index is -3.75. The molecule has 9 nitrogen and oxygen atoms in total. The molecule has 0 amide bonds. The summed E-state index contributed by atoms with van der Waals surface area (Å²) in [6.07, 6.45) is 4.56. The van der Waals surface area contributed by atoms with Crippen LogP contribution < -0.4 is 19.1 Å². The average molecular weight is 522 g/mol. The zero-order valence-electron chi connectivity index (χ0n) is 22.2. The Labute approximate surface area is 214 Å². The Balaban J connectivity index is 1.62. The summed E-state index contributed by atoms with van der Waals surface area (Å²) >= 11 is 0. The third kappa shape index (κ3) is 7.22. The summed E-state index contributed by atoms with van der Waals surface area (Å²) < 4.78 is 43.6. The van der Waals surface area contributed by atoms with E-state index in [4.69, 9.17) is 14.2 Å². The fraction of sp³-hybridized carbons (Fsp3) is 0.615. The lowest BCUT2D eigenvalue weighted by Crippen LogP contribution is -2.41. The van der Waals surface area contributed by atoms with E-state index in [1.54, 1.807) is 35.0 Å². The van der Waals surface area contributed by atoms with Gasteiger partial charge in [0.1, 0.15) is 5.60 Å². The van der Waals surface area contributed by atoms with Gasteiger partial charge in [-0.1, -0.05) is 13.3 Å². The number of carbonyl (C=O) groups is 1. The van der Waals surface area contributed by atoms with Gasteiger partial charge in [-0.2, -0.15) is 0 Å². The van der Waals surface area contributed by atoms with Crippen molar-refractivity contribution in [3.8, 4) is 11.5 Å². The van der Waals surface area contributed by atoms with Crippen molar-refractivity contribution in [1.29, 1.82) is 0 Å². The van der Waals surface area contributed by atoms with E-state index in [2.05, 4.69) is 21.5 Å². The monoisotopic (exact) mass is 521 g/mol. The van der Waals surface area contributed by atoms with Crippen molar-refractivity contribution in [3.63, 3.8) is 0 Å². The van der Waals surface area contributed by atoms with Crippen LogP contribution in [0, 0.1) is 11.8 Å². The number of hydrogen-bond acceptors (Lipinski definition) is 8. The number of esters is 1. The lowest BCUT2D eigenvalue weighted by molar-refractivity contribution is -0.151. The number of nitrogens with one attached hydrogen (secondary N) is 1. The molecule has 2 aromatic rings. The lowest BCUT2D eigenvalue weighted by atomic mass is 9.82. The van der Waals surface area contributed by atoms with Gasteiger partial charge in [-0.15, -0.1) is 0 Å². The summed E-state index contributed by atoms with van der Waals surface area (Å²) in [5, 5.41) is 1.01. The molecule has 2 heterocycles. The van der Waals surface area contributed by atoms with Crippen LogP contribution in [0.5, 0.6) is 11.5 Å². The fourth-order valence-corrected chi connectivity index (χ4v) is 5.74. The second-order valence-corrected chi connectivity index (χ2v) is 12.0. The van der Waals surface area contributed by atoms with E-state index in [9.17, 15) is 13.2 Å². The van der Waals surface area contributed by atoms with E-state index in [0.29, 0.717) is 24.0 Å². The molecule has 0 radical (unpaired) electrons. The zero-order chi connectivity index (χ0) is 26.5. The van der Waals surface area contributed by atoms with Crippen molar-refractivity contribution in [1.82, 2.24) is 9.71 Å². The van der Waals surface area contributed by atoms with Crippen LogP contribution in [0.25, 0.3) is 10.9 Å². The first-order chi connectivity index (χ1) is 17.0. The molecule has 1 aromatic heterocycles. The Kier molecular flexibility index (Phi) is 9.05. The Morgan fingerprint density at radius 2 is 1.81 bits per heavy atom. The van der Waals surface area contributed by atoms with Crippen molar-refractivity contribution in [2.45, 2.75) is 52.6 Å². The number of nitrogens with zero attached hydrogens (tertiary/aromatic N) is 2. The van der Waals surface area contributed by atoms with Gasteiger partial charge < -0.3 is 19.1 Å². The summed E-state index contributed by atoms with van der Waals surface area (Å²) in [7, 11) is -0.517. The summed E-state index contributed by atoms with van der Waals surface area (Å²) in [5.41, 5.74) is 1.23. The number of anilines is 1. The topological polar surface area (TPSA) is 107 Å². The first-order valence-corrected chi connectivity index (χ1v) is 14.1. The first-order valence-electron chi connectivity index (χ1n) is 12.4. The van der Waals surface area contributed by atoms with Crippen molar-refractivity contribution < 1.29 is 27.4 Å². The molecule has 0 bridgehead atoms. The van der Waals surface area contributed by atoms with Gasteiger partial charge in [-0.25, -0.2) is 13.1 Å². The van der Waals surface area contributed by atoms with Crippen molar-refractivity contribution in [2.75, 3.05) is 44.5 Å². The molecule has 0 spiro atoms. The van der Waals surface area contributed by atoms with Crippen LogP contribution >= 0.6 is 0 Å². The molecule has 1 aliphatic rings. The van der Waals surface area contributed by atoms with Crippen molar-refractivity contribution in [3.05, 3.63) is 24.4 Å². The van der Waals surface area contributed by atoms with Crippen LogP contribution in [0.4, 0.5) is 5.69 Å². The summed E-state index contributed by atoms with van der Waals surface area (Å²) in [5.74, 6) is 0.488. The van der Waals surface area contributed by atoms with Crippen molar-refractivity contribution in [2.24, 2.45) is 11.8 Å². The number of pyridine rings is 1. The number of benzene rings is 1. The van der Waals surface area contributed by atoms with Gasteiger partial charge in [0.15, 0.2) is 17.3 Å². The van der Waals surface area contributed by atoms with E-state index < -0.39 is 27.3 Å². The van der Waals surface area contributed by atoms with E-state index in [1.165, 1.54) is 0 Å². The van der Waals surface area contributed by atoms with Gasteiger partial charge in [-0.3, -0.25) is 9.78 Å². The van der Waals surface area contributed by atoms with Gasteiger partial charge >= 0.3 is 5.97 Å².